The average molecular weight is 257 g/mol. The fourth-order valence-corrected chi connectivity index (χ4v) is 1.56. The summed E-state index contributed by atoms with van der Waals surface area (Å²) in [5, 5.41) is 11.6. The Balaban J connectivity index is 2.95. The van der Waals surface area contributed by atoms with Crippen LogP contribution in [0.3, 0.4) is 0 Å². The highest BCUT2D eigenvalue weighted by atomic mass is 16.2. The van der Waals surface area contributed by atoms with Gasteiger partial charge in [-0.2, -0.15) is 5.26 Å². The Morgan fingerprint density at radius 1 is 1.47 bits per heavy atom. The minimum Gasteiger partial charge on any atom is -0.351 e. The molecule has 1 aromatic carbocycles. The zero-order chi connectivity index (χ0) is 14.3. The minimum atomic E-state index is -0.303. The molecule has 0 aliphatic rings. The molecule has 0 atom stereocenters. The van der Waals surface area contributed by atoms with E-state index in [1.165, 1.54) is 11.8 Å². The van der Waals surface area contributed by atoms with Crippen molar-refractivity contribution in [1.82, 2.24) is 5.32 Å². The van der Waals surface area contributed by atoms with Crippen LogP contribution in [-0.4, -0.2) is 24.9 Å². The third-order valence-corrected chi connectivity index (χ3v) is 2.44. The van der Waals surface area contributed by atoms with Gasteiger partial charge in [-0.15, -0.1) is 6.58 Å². The van der Waals surface area contributed by atoms with Crippen molar-refractivity contribution >= 4 is 17.5 Å². The second-order valence-corrected chi connectivity index (χ2v) is 3.83. The number of anilines is 1. The van der Waals surface area contributed by atoms with Crippen molar-refractivity contribution in [2.45, 2.75) is 6.92 Å². The average Bonchev–Trinajstić information content (AvgIpc) is 2.42. The smallest absolute Gasteiger partial charge is 0.240 e. The number of nitrogens with one attached hydrogen (secondary N) is 1. The first-order chi connectivity index (χ1) is 9.10. The SMILES string of the molecule is C=CCNC(=O)CN(C(C)=O)c1ccccc1C#N. The van der Waals surface area contributed by atoms with E-state index in [0.29, 0.717) is 17.8 Å². The van der Waals surface area contributed by atoms with Crippen LogP contribution in [0.5, 0.6) is 0 Å². The lowest BCUT2D eigenvalue weighted by atomic mass is 10.1. The van der Waals surface area contributed by atoms with E-state index in [-0.39, 0.29) is 18.4 Å². The predicted octanol–water partition coefficient (Wildman–Crippen LogP) is 1.21. The first-order valence-electron chi connectivity index (χ1n) is 5.75. The first kappa shape index (κ1) is 14.5. The summed E-state index contributed by atoms with van der Waals surface area (Å²) in [6, 6.07) is 8.67. The predicted molar refractivity (Wildman–Crippen MR) is 72.4 cm³/mol. The summed E-state index contributed by atoms with van der Waals surface area (Å²) >= 11 is 0. The highest BCUT2D eigenvalue weighted by molar-refractivity contribution is 5.98. The molecular weight excluding hydrogens is 242 g/mol. The lowest BCUT2D eigenvalue weighted by molar-refractivity contribution is -0.122. The van der Waals surface area contributed by atoms with E-state index < -0.39 is 0 Å². The van der Waals surface area contributed by atoms with Crippen molar-refractivity contribution in [3.63, 3.8) is 0 Å². The Morgan fingerprint density at radius 2 is 2.16 bits per heavy atom. The lowest BCUT2D eigenvalue weighted by Crippen LogP contribution is -2.40. The number of hydrogen-bond acceptors (Lipinski definition) is 3. The summed E-state index contributed by atoms with van der Waals surface area (Å²) in [6.07, 6.45) is 1.55. The van der Waals surface area contributed by atoms with Crippen LogP contribution >= 0.6 is 0 Å². The van der Waals surface area contributed by atoms with E-state index in [4.69, 9.17) is 5.26 Å². The molecule has 0 aliphatic carbocycles. The molecule has 1 aromatic rings. The van der Waals surface area contributed by atoms with E-state index >= 15 is 0 Å². The molecule has 98 valence electrons. The summed E-state index contributed by atoms with van der Waals surface area (Å²) < 4.78 is 0. The van der Waals surface area contributed by atoms with Gasteiger partial charge in [0, 0.05) is 13.5 Å². The van der Waals surface area contributed by atoms with Gasteiger partial charge in [0.25, 0.3) is 0 Å². The topological polar surface area (TPSA) is 73.2 Å². The maximum atomic E-state index is 11.7. The molecule has 0 saturated carbocycles. The molecule has 19 heavy (non-hydrogen) atoms. The highest BCUT2D eigenvalue weighted by Gasteiger charge is 2.17. The number of benzene rings is 1. The fourth-order valence-electron chi connectivity index (χ4n) is 1.56. The summed E-state index contributed by atoms with van der Waals surface area (Å²) in [6.45, 7) is 5.06. The summed E-state index contributed by atoms with van der Waals surface area (Å²) in [4.78, 5) is 24.6. The molecule has 1 N–H and O–H groups in total. The molecule has 0 unspecified atom stereocenters. The van der Waals surface area contributed by atoms with Gasteiger partial charge in [0.2, 0.25) is 11.8 Å². The molecule has 1 rings (SSSR count). The van der Waals surface area contributed by atoms with E-state index in [0.717, 1.165) is 0 Å². The quantitative estimate of drug-likeness (QED) is 0.806. The van der Waals surface area contributed by atoms with Crippen molar-refractivity contribution in [2.75, 3.05) is 18.0 Å². The minimum absolute atomic E-state index is 0.123. The standard InChI is InChI=1S/C14H15N3O2/c1-3-8-16-14(19)10-17(11(2)18)13-7-5-4-6-12(13)9-15/h3-7H,1,8,10H2,2H3,(H,16,19). The van der Waals surface area contributed by atoms with Crippen LogP contribution in [-0.2, 0) is 9.59 Å². The van der Waals surface area contributed by atoms with Crippen molar-refractivity contribution in [2.24, 2.45) is 0 Å². The number of nitriles is 1. The zero-order valence-electron chi connectivity index (χ0n) is 10.7. The van der Waals surface area contributed by atoms with Crippen LogP contribution in [0.2, 0.25) is 0 Å². The zero-order valence-corrected chi connectivity index (χ0v) is 10.7. The largest absolute Gasteiger partial charge is 0.351 e. The second-order valence-electron chi connectivity index (χ2n) is 3.83. The van der Waals surface area contributed by atoms with Gasteiger partial charge in [0.15, 0.2) is 0 Å². The summed E-state index contributed by atoms with van der Waals surface area (Å²) in [7, 11) is 0. The third kappa shape index (κ3) is 3.96. The Bertz CT molecular complexity index is 532. The van der Waals surface area contributed by atoms with E-state index in [9.17, 15) is 9.59 Å². The van der Waals surface area contributed by atoms with Crippen molar-refractivity contribution in [3.8, 4) is 6.07 Å². The Hall–Kier alpha value is -2.61. The van der Waals surface area contributed by atoms with Gasteiger partial charge in [-0.3, -0.25) is 9.59 Å². The number of para-hydroxylation sites is 1. The number of carbonyl (C=O) groups excluding carboxylic acids is 2. The van der Waals surface area contributed by atoms with E-state index in [1.54, 1.807) is 30.3 Å². The molecule has 0 radical (unpaired) electrons. The molecule has 0 aromatic heterocycles. The van der Waals surface area contributed by atoms with Gasteiger partial charge in [0.1, 0.15) is 12.6 Å². The number of carbonyl (C=O) groups is 2. The molecule has 0 bridgehead atoms. The molecule has 5 heteroatoms. The Kier molecular flexibility index (Phi) is 5.30. The molecule has 0 saturated heterocycles. The molecular formula is C14H15N3O2. The fraction of sp³-hybridized carbons (Fsp3) is 0.214. The number of hydrogen-bond donors (Lipinski definition) is 1. The number of rotatable bonds is 5. The summed E-state index contributed by atoms with van der Waals surface area (Å²) in [5.41, 5.74) is 0.792. The third-order valence-electron chi connectivity index (χ3n) is 2.44. The van der Waals surface area contributed by atoms with Crippen LogP contribution in [0, 0.1) is 11.3 Å². The number of amides is 2. The van der Waals surface area contributed by atoms with Crippen LogP contribution < -0.4 is 10.2 Å². The van der Waals surface area contributed by atoms with Crippen LogP contribution in [0.25, 0.3) is 0 Å². The molecule has 0 heterocycles. The van der Waals surface area contributed by atoms with Gasteiger partial charge in [-0.05, 0) is 12.1 Å². The van der Waals surface area contributed by atoms with Gasteiger partial charge in [0.05, 0.1) is 11.3 Å². The monoisotopic (exact) mass is 257 g/mol. The second kappa shape index (κ2) is 6.97. The van der Waals surface area contributed by atoms with Gasteiger partial charge in [-0.25, -0.2) is 0 Å². The molecule has 0 fully saturated rings. The van der Waals surface area contributed by atoms with Crippen LogP contribution in [0.4, 0.5) is 5.69 Å². The molecule has 2 amide bonds. The maximum absolute atomic E-state index is 11.7. The van der Waals surface area contributed by atoms with Gasteiger partial charge >= 0.3 is 0 Å². The molecule has 0 aliphatic heterocycles. The Labute approximate surface area is 112 Å². The van der Waals surface area contributed by atoms with Crippen molar-refractivity contribution < 1.29 is 9.59 Å². The normalized spacial score (nSPS) is 9.26. The maximum Gasteiger partial charge on any atom is 0.240 e. The molecule has 0 spiro atoms. The van der Waals surface area contributed by atoms with E-state index in [1.807, 2.05) is 6.07 Å². The van der Waals surface area contributed by atoms with Gasteiger partial charge in [-0.1, -0.05) is 18.2 Å². The molecule has 5 nitrogen and oxygen atoms in total. The van der Waals surface area contributed by atoms with Crippen LogP contribution in [0.15, 0.2) is 36.9 Å². The van der Waals surface area contributed by atoms with Gasteiger partial charge < -0.3 is 10.2 Å². The number of nitrogens with zero attached hydrogens (tertiary/aromatic N) is 2. The summed E-state index contributed by atoms with van der Waals surface area (Å²) in [5.74, 6) is -0.598. The Morgan fingerprint density at radius 3 is 2.74 bits per heavy atom. The van der Waals surface area contributed by atoms with Crippen LogP contribution in [0.1, 0.15) is 12.5 Å². The van der Waals surface area contributed by atoms with E-state index in [2.05, 4.69) is 11.9 Å². The van der Waals surface area contributed by atoms with Crippen molar-refractivity contribution in [3.05, 3.63) is 42.5 Å². The highest BCUT2D eigenvalue weighted by Crippen LogP contribution is 2.19. The lowest BCUT2D eigenvalue weighted by Gasteiger charge is -2.21. The van der Waals surface area contributed by atoms with Crippen molar-refractivity contribution in [1.29, 1.82) is 5.26 Å². The first-order valence-corrected chi connectivity index (χ1v) is 5.75.